The number of aromatic nitrogens is 5. The Morgan fingerprint density at radius 1 is 1.24 bits per heavy atom. The van der Waals surface area contributed by atoms with E-state index < -0.39 is 0 Å². The third-order valence-electron chi connectivity index (χ3n) is 2.04. The molecule has 2 aromatic heterocycles. The molecule has 17 heavy (non-hydrogen) atoms. The molecule has 2 rings (SSSR count). The summed E-state index contributed by atoms with van der Waals surface area (Å²) in [6.07, 6.45) is 0. The summed E-state index contributed by atoms with van der Waals surface area (Å²) in [5.41, 5.74) is 1.71. The molecule has 0 radical (unpaired) electrons. The van der Waals surface area contributed by atoms with Gasteiger partial charge in [0.1, 0.15) is 6.61 Å². The van der Waals surface area contributed by atoms with Gasteiger partial charge in [0, 0.05) is 18.5 Å². The van der Waals surface area contributed by atoms with E-state index in [1.165, 1.54) is 4.68 Å². The van der Waals surface area contributed by atoms with Gasteiger partial charge in [0.2, 0.25) is 5.28 Å². The molecule has 0 unspecified atom stereocenters. The number of hydrogen-bond acceptors (Lipinski definition) is 5. The number of hydrogen-bond donors (Lipinski definition) is 0. The summed E-state index contributed by atoms with van der Waals surface area (Å²) in [6, 6.07) is 1.88. The van der Waals surface area contributed by atoms with Crippen molar-refractivity contribution in [2.45, 2.75) is 20.5 Å². The second kappa shape index (κ2) is 4.77. The van der Waals surface area contributed by atoms with E-state index in [1.54, 1.807) is 7.11 Å². The second-order valence-corrected chi connectivity index (χ2v) is 3.93. The molecule has 0 saturated heterocycles. The number of rotatable bonds is 3. The maximum Gasteiger partial charge on any atom is 0.253 e. The minimum Gasteiger partial charge on any atom is -0.377 e. The average Bonchev–Trinajstić information content (AvgIpc) is 2.58. The van der Waals surface area contributed by atoms with Crippen molar-refractivity contribution >= 4 is 11.6 Å². The van der Waals surface area contributed by atoms with Gasteiger partial charge in [-0.3, -0.25) is 0 Å². The fourth-order valence-corrected chi connectivity index (χ4v) is 1.66. The smallest absolute Gasteiger partial charge is 0.253 e. The third kappa shape index (κ3) is 2.59. The molecule has 0 saturated carbocycles. The minimum atomic E-state index is 0.224. The molecule has 6 nitrogen and oxygen atoms in total. The first-order chi connectivity index (χ1) is 8.10. The largest absolute Gasteiger partial charge is 0.377 e. The molecule has 2 heterocycles. The van der Waals surface area contributed by atoms with Crippen molar-refractivity contribution in [2.24, 2.45) is 0 Å². The summed E-state index contributed by atoms with van der Waals surface area (Å²) in [5, 5.41) is 4.40. The molecule has 0 bridgehead atoms. The zero-order chi connectivity index (χ0) is 12.4. The van der Waals surface area contributed by atoms with E-state index in [0.29, 0.717) is 18.4 Å². The van der Waals surface area contributed by atoms with Gasteiger partial charge in [-0.05, 0) is 31.5 Å². The van der Waals surface area contributed by atoms with E-state index in [9.17, 15) is 0 Å². The number of ether oxygens (including phenoxy) is 1. The SMILES string of the molecule is COCc1nc(Cl)n(-c2nc(C)cc(C)n2)n1. The quantitative estimate of drug-likeness (QED) is 0.829. The van der Waals surface area contributed by atoms with Crippen LogP contribution in [-0.4, -0.2) is 31.8 Å². The van der Waals surface area contributed by atoms with Gasteiger partial charge in [0.15, 0.2) is 5.82 Å². The molecule has 7 heteroatoms. The number of aryl methyl sites for hydroxylation is 2. The van der Waals surface area contributed by atoms with E-state index in [1.807, 2.05) is 19.9 Å². The summed E-state index contributed by atoms with van der Waals surface area (Å²) < 4.78 is 6.34. The van der Waals surface area contributed by atoms with Gasteiger partial charge in [-0.15, -0.1) is 5.10 Å². The maximum atomic E-state index is 5.97. The highest BCUT2D eigenvalue weighted by Crippen LogP contribution is 2.12. The lowest BCUT2D eigenvalue weighted by Crippen LogP contribution is -2.06. The van der Waals surface area contributed by atoms with Crippen LogP contribution in [0.3, 0.4) is 0 Å². The van der Waals surface area contributed by atoms with Crippen LogP contribution >= 0.6 is 11.6 Å². The number of nitrogens with zero attached hydrogens (tertiary/aromatic N) is 5. The van der Waals surface area contributed by atoms with E-state index in [4.69, 9.17) is 16.3 Å². The van der Waals surface area contributed by atoms with E-state index >= 15 is 0 Å². The van der Waals surface area contributed by atoms with Gasteiger partial charge < -0.3 is 4.74 Å². The molecule has 0 amide bonds. The van der Waals surface area contributed by atoms with Crippen LogP contribution in [-0.2, 0) is 11.3 Å². The molecular formula is C10H12ClN5O. The van der Waals surface area contributed by atoms with Crippen LogP contribution in [0.5, 0.6) is 0 Å². The van der Waals surface area contributed by atoms with Gasteiger partial charge in [0.05, 0.1) is 0 Å². The Morgan fingerprint density at radius 2 is 1.88 bits per heavy atom. The fourth-order valence-electron chi connectivity index (χ4n) is 1.45. The zero-order valence-electron chi connectivity index (χ0n) is 9.81. The molecule has 90 valence electrons. The number of methoxy groups -OCH3 is 1. The highest BCUT2D eigenvalue weighted by Gasteiger charge is 2.12. The van der Waals surface area contributed by atoms with Crippen molar-refractivity contribution in [2.75, 3.05) is 7.11 Å². The monoisotopic (exact) mass is 253 g/mol. The van der Waals surface area contributed by atoms with Gasteiger partial charge >= 0.3 is 0 Å². The van der Waals surface area contributed by atoms with Crippen molar-refractivity contribution < 1.29 is 4.74 Å². The van der Waals surface area contributed by atoms with Crippen LogP contribution in [0.4, 0.5) is 0 Å². The first-order valence-corrected chi connectivity index (χ1v) is 5.41. The fraction of sp³-hybridized carbons (Fsp3) is 0.400. The molecule has 0 aliphatic heterocycles. The van der Waals surface area contributed by atoms with Crippen LogP contribution in [0.1, 0.15) is 17.2 Å². The summed E-state index contributed by atoms with van der Waals surface area (Å²) in [4.78, 5) is 12.6. The molecule has 0 aliphatic carbocycles. The summed E-state index contributed by atoms with van der Waals surface area (Å²) in [7, 11) is 1.57. The lowest BCUT2D eigenvalue weighted by atomic mass is 10.4. The predicted octanol–water partition coefficient (Wildman–Crippen LogP) is 1.47. The first kappa shape index (κ1) is 11.9. The lowest BCUT2D eigenvalue weighted by molar-refractivity contribution is 0.178. The molecule has 2 aromatic rings. The molecule has 0 aliphatic rings. The summed E-state index contributed by atoms with van der Waals surface area (Å²) in [6.45, 7) is 4.08. The van der Waals surface area contributed by atoms with Crippen LogP contribution in [0.2, 0.25) is 5.28 Å². The first-order valence-electron chi connectivity index (χ1n) is 5.03. The van der Waals surface area contributed by atoms with Crippen LogP contribution in [0.25, 0.3) is 5.95 Å². The standard InChI is InChI=1S/C10H12ClN5O/c1-6-4-7(2)13-10(12-6)16-9(11)14-8(15-16)5-17-3/h4H,5H2,1-3H3. The van der Waals surface area contributed by atoms with Gasteiger partial charge in [-0.2, -0.15) is 9.67 Å². The third-order valence-corrected chi connectivity index (χ3v) is 2.29. The Hall–Kier alpha value is -1.53. The van der Waals surface area contributed by atoms with Crippen molar-refractivity contribution in [3.63, 3.8) is 0 Å². The zero-order valence-corrected chi connectivity index (χ0v) is 10.6. The minimum absolute atomic E-state index is 0.224. The highest BCUT2D eigenvalue weighted by molar-refractivity contribution is 6.28. The van der Waals surface area contributed by atoms with Gasteiger partial charge in [-0.1, -0.05) is 0 Å². The van der Waals surface area contributed by atoms with Gasteiger partial charge in [-0.25, -0.2) is 9.97 Å². The summed E-state index contributed by atoms with van der Waals surface area (Å²) in [5.74, 6) is 0.919. The van der Waals surface area contributed by atoms with Crippen molar-refractivity contribution in [1.82, 2.24) is 24.7 Å². The second-order valence-electron chi connectivity index (χ2n) is 3.59. The Bertz CT molecular complexity index is 519. The Balaban J connectivity index is 2.44. The molecule has 0 aromatic carbocycles. The van der Waals surface area contributed by atoms with Crippen LogP contribution in [0.15, 0.2) is 6.07 Å². The van der Waals surface area contributed by atoms with Gasteiger partial charge in [0.25, 0.3) is 5.95 Å². The van der Waals surface area contributed by atoms with E-state index in [0.717, 1.165) is 11.4 Å². The summed E-state index contributed by atoms with van der Waals surface area (Å²) >= 11 is 5.97. The molecular weight excluding hydrogens is 242 g/mol. The van der Waals surface area contributed by atoms with E-state index in [-0.39, 0.29) is 5.28 Å². The predicted molar refractivity (Wildman–Crippen MR) is 62.1 cm³/mol. The van der Waals surface area contributed by atoms with Crippen molar-refractivity contribution in [3.8, 4) is 5.95 Å². The molecule has 0 atom stereocenters. The molecule has 0 spiro atoms. The van der Waals surface area contributed by atoms with Crippen molar-refractivity contribution in [3.05, 3.63) is 28.6 Å². The average molecular weight is 254 g/mol. The Kier molecular flexibility index (Phi) is 3.35. The van der Waals surface area contributed by atoms with E-state index in [2.05, 4.69) is 20.1 Å². The maximum absolute atomic E-state index is 5.97. The van der Waals surface area contributed by atoms with Crippen LogP contribution in [0, 0.1) is 13.8 Å². The molecule has 0 fully saturated rings. The Morgan fingerprint density at radius 3 is 2.47 bits per heavy atom. The number of halogens is 1. The topological polar surface area (TPSA) is 65.7 Å². The Labute approximate surface area is 104 Å². The van der Waals surface area contributed by atoms with Crippen molar-refractivity contribution in [1.29, 1.82) is 0 Å². The molecule has 0 N–H and O–H groups in total. The lowest BCUT2D eigenvalue weighted by Gasteiger charge is -2.02. The van der Waals surface area contributed by atoms with Crippen LogP contribution < -0.4 is 0 Å². The normalized spacial score (nSPS) is 10.8. The highest BCUT2D eigenvalue weighted by atomic mass is 35.5.